The number of piperidine rings is 1. The molecule has 1 unspecified atom stereocenters. The van der Waals surface area contributed by atoms with Gasteiger partial charge in [-0.2, -0.15) is 0 Å². The van der Waals surface area contributed by atoms with Gasteiger partial charge in [0.25, 0.3) is 0 Å². The molecular formula is C10H19NO. The van der Waals surface area contributed by atoms with Gasteiger partial charge in [0.15, 0.2) is 0 Å². The molecule has 1 rings (SSSR count). The summed E-state index contributed by atoms with van der Waals surface area (Å²) in [4.78, 5) is 2.33. The smallest absolute Gasteiger partial charge is 0.0621 e. The first kappa shape index (κ1) is 9.75. The van der Waals surface area contributed by atoms with E-state index in [1.54, 1.807) is 0 Å². The van der Waals surface area contributed by atoms with E-state index >= 15 is 0 Å². The first-order valence-corrected chi connectivity index (χ1v) is 4.68. The summed E-state index contributed by atoms with van der Waals surface area (Å²) in [6.07, 6.45) is 2.37. The zero-order valence-electron chi connectivity index (χ0n) is 8.18. The average Bonchev–Trinajstić information content (AvgIpc) is 2.03. The highest BCUT2D eigenvalue weighted by Gasteiger charge is 2.20. The van der Waals surface area contributed by atoms with Crippen LogP contribution >= 0.6 is 0 Å². The fourth-order valence-corrected chi connectivity index (χ4v) is 1.62. The Bertz CT molecular complexity index is 156. The van der Waals surface area contributed by atoms with Crippen LogP contribution in [-0.4, -0.2) is 37.7 Å². The maximum atomic E-state index is 5.41. The number of nitrogens with zero attached hydrogens (tertiary/aromatic N) is 1. The van der Waals surface area contributed by atoms with Gasteiger partial charge in [-0.05, 0) is 26.8 Å². The van der Waals surface area contributed by atoms with Gasteiger partial charge in [0.2, 0.25) is 0 Å². The van der Waals surface area contributed by atoms with E-state index in [1.807, 2.05) is 6.92 Å². The second-order valence-electron chi connectivity index (χ2n) is 3.52. The predicted molar refractivity (Wildman–Crippen MR) is 51.3 cm³/mol. The van der Waals surface area contributed by atoms with E-state index in [9.17, 15) is 0 Å². The third-order valence-corrected chi connectivity index (χ3v) is 2.44. The van der Waals surface area contributed by atoms with Crippen LogP contribution in [0.2, 0.25) is 0 Å². The Morgan fingerprint density at radius 3 is 3.00 bits per heavy atom. The SMILES string of the molecule is C=C1CCC(COCC)N(C)C1. The number of likely N-dealkylation sites (tertiary alicyclic amines) is 1. The van der Waals surface area contributed by atoms with Crippen molar-refractivity contribution in [3.63, 3.8) is 0 Å². The molecule has 1 saturated heterocycles. The van der Waals surface area contributed by atoms with Gasteiger partial charge in [0.05, 0.1) is 6.61 Å². The van der Waals surface area contributed by atoms with E-state index in [0.29, 0.717) is 6.04 Å². The summed E-state index contributed by atoms with van der Waals surface area (Å²) in [7, 11) is 2.15. The van der Waals surface area contributed by atoms with Crippen molar-refractivity contribution in [3.05, 3.63) is 12.2 Å². The number of likely N-dealkylation sites (N-methyl/N-ethyl adjacent to an activating group) is 1. The largest absolute Gasteiger partial charge is 0.380 e. The molecule has 0 spiro atoms. The fourth-order valence-electron chi connectivity index (χ4n) is 1.62. The normalized spacial score (nSPS) is 26.2. The van der Waals surface area contributed by atoms with Crippen LogP contribution in [0.1, 0.15) is 19.8 Å². The Morgan fingerprint density at radius 2 is 2.42 bits per heavy atom. The molecule has 0 N–H and O–H groups in total. The number of ether oxygens (including phenoxy) is 1. The van der Waals surface area contributed by atoms with E-state index in [1.165, 1.54) is 18.4 Å². The molecule has 70 valence electrons. The summed E-state index contributed by atoms with van der Waals surface area (Å²) in [6.45, 7) is 8.78. The first-order valence-electron chi connectivity index (χ1n) is 4.68. The molecule has 0 bridgehead atoms. The second kappa shape index (κ2) is 4.63. The lowest BCUT2D eigenvalue weighted by molar-refractivity contribution is 0.0696. The molecule has 12 heavy (non-hydrogen) atoms. The maximum absolute atomic E-state index is 5.41. The lowest BCUT2D eigenvalue weighted by atomic mass is 10.0. The summed E-state index contributed by atoms with van der Waals surface area (Å²) in [5.74, 6) is 0. The first-order chi connectivity index (χ1) is 5.74. The minimum atomic E-state index is 0.607. The van der Waals surface area contributed by atoms with Crippen molar-refractivity contribution in [1.82, 2.24) is 4.90 Å². The Kier molecular flexibility index (Phi) is 3.76. The molecule has 0 saturated carbocycles. The van der Waals surface area contributed by atoms with Gasteiger partial charge in [-0.1, -0.05) is 12.2 Å². The van der Waals surface area contributed by atoms with E-state index in [2.05, 4.69) is 18.5 Å². The molecule has 1 atom stereocenters. The molecule has 0 aromatic rings. The predicted octanol–water partition coefficient (Wildman–Crippen LogP) is 1.67. The van der Waals surface area contributed by atoms with Crippen LogP contribution in [0.4, 0.5) is 0 Å². The van der Waals surface area contributed by atoms with Crippen molar-refractivity contribution in [3.8, 4) is 0 Å². The molecule has 0 amide bonds. The van der Waals surface area contributed by atoms with Gasteiger partial charge in [-0.25, -0.2) is 0 Å². The van der Waals surface area contributed by atoms with Crippen LogP contribution < -0.4 is 0 Å². The summed E-state index contributed by atoms with van der Waals surface area (Å²) in [6, 6.07) is 0.607. The average molecular weight is 169 g/mol. The number of hydrogen-bond acceptors (Lipinski definition) is 2. The molecule has 2 heteroatoms. The number of rotatable bonds is 3. The van der Waals surface area contributed by atoms with Gasteiger partial charge < -0.3 is 4.74 Å². The zero-order chi connectivity index (χ0) is 8.97. The monoisotopic (exact) mass is 169 g/mol. The standard InChI is InChI=1S/C10H19NO/c1-4-12-8-10-6-5-9(2)7-11(10)3/h10H,2,4-8H2,1,3H3. The molecule has 0 aliphatic carbocycles. The molecule has 2 nitrogen and oxygen atoms in total. The molecule has 0 aromatic carbocycles. The van der Waals surface area contributed by atoms with Crippen LogP contribution in [0.3, 0.4) is 0 Å². The zero-order valence-corrected chi connectivity index (χ0v) is 8.18. The second-order valence-corrected chi connectivity index (χ2v) is 3.52. The van der Waals surface area contributed by atoms with Crippen LogP contribution in [0.25, 0.3) is 0 Å². The Labute approximate surface area is 75.2 Å². The van der Waals surface area contributed by atoms with Crippen molar-refractivity contribution in [1.29, 1.82) is 0 Å². The Balaban J connectivity index is 2.29. The molecule has 1 heterocycles. The van der Waals surface area contributed by atoms with Crippen LogP contribution in [0.5, 0.6) is 0 Å². The minimum absolute atomic E-state index is 0.607. The summed E-state index contributed by atoms with van der Waals surface area (Å²) >= 11 is 0. The van der Waals surface area contributed by atoms with Crippen molar-refractivity contribution in [2.45, 2.75) is 25.8 Å². The van der Waals surface area contributed by atoms with Crippen molar-refractivity contribution in [2.24, 2.45) is 0 Å². The summed E-state index contributed by atoms with van der Waals surface area (Å²) in [5.41, 5.74) is 1.35. The highest BCUT2D eigenvalue weighted by atomic mass is 16.5. The lowest BCUT2D eigenvalue weighted by Crippen LogP contribution is -2.40. The van der Waals surface area contributed by atoms with Gasteiger partial charge in [0, 0.05) is 19.2 Å². The highest BCUT2D eigenvalue weighted by Crippen LogP contribution is 2.18. The third-order valence-electron chi connectivity index (χ3n) is 2.44. The molecule has 1 aliphatic heterocycles. The van der Waals surface area contributed by atoms with Crippen molar-refractivity contribution < 1.29 is 4.74 Å². The Morgan fingerprint density at radius 1 is 1.67 bits per heavy atom. The van der Waals surface area contributed by atoms with Crippen LogP contribution in [-0.2, 0) is 4.74 Å². The van der Waals surface area contributed by atoms with Crippen molar-refractivity contribution in [2.75, 3.05) is 26.8 Å². The molecule has 0 radical (unpaired) electrons. The fraction of sp³-hybridized carbons (Fsp3) is 0.800. The molecule has 0 aromatic heterocycles. The molecular weight excluding hydrogens is 150 g/mol. The van der Waals surface area contributed by atoms with E-state index in [-0.39, 0.29) is 0 Å². The van der Waals surface area contributed by atoms with Gasteiger partial charge in [-0.15, -0.1) is 0 Å². The summed E-state index contributed by atoms with van der Waals surface area (Å²) in [5, 5.41) is 0. The quantitative estimate of drug-likeness (QED) is 0.596. The van der Waals surface area contributed by atoms with Gasteiger partial charge >= 0.3 is 0 Å². The topological polar surface area (TPSA) is 12.5 Å². The lowest BCUT2D eigenvalue weighted by Gasteiger charge is -2.33. The van der Waals surface area contributed by atoms with Crippen molar-refractivity contribution >= 4 is 0 Å². The van der Waals surface area contributed by atoms with E-state index in [4.69, 9.17) is 4.74 Å². The van der Waals surface area contributed by atoms with E-state index < -0.39 is 0 Å². The summed E-state index contributed by atoms with van der Waals surface area (Å²) < 4.78 is 5.41. The third kappa shape index (κ3) is 2.61. The van der Waals surface area contributed by atoms with Gasteiger partial charge in [0.1, 0.15) is 0 Å². The van der Waals surface area contributed by atoms with Crippen LogP contribution in [0.15, 0.2) is 12.2 Å². The molecule has 1 fully saturated rings. The minimum Gasteiger partial charge on any atom is -0.380 e. The molecule has 1 aliphatic rings. The Hall–Kier alpha value is -0.340. The number of hydrogen-bond donors (Lipinski definition) is 0. The van der Waals surface area contributed by atoms with Gasteiger partial charge in [-0.3, -0.25) is 4.90 Å². The maximum Gasteiger partial charge on any atom is 0.0621 e. The van der Waals surface area contributed by atoms with Crippen LogP contribution in [0, 0.1) is 0 Å². The highest BCUT2D eigenvalue weighted by molar-refractivity contribution is 5.02. The van der Waals surface area contributed by atoms with E-state index in [0.717, 1.165) is 19.8 Å².